The highest BCUT2D eigenvalue weighted by Gasteiger charge is 2.22. The summed E-state index contributed by atoms with van der Waals surface area (Å²) in [6.45, 7) is 4.70. The van der Waals surface area contributed by atoms with Crippen molar-refractivity contribution < 1.29 is 9.15 Å². The van der Waals surface area contributed by atoms with E-state index in [0.717, 1.165) is 41.6 Å². The highest BCUT2D eigenvalue weighted by molar-refractivity contribution is 5.88. The van der Waals surface area contributed by atoms with Crippen molar-refractivity contribution in [3.63, 3.8) is 0 Å². The maximum Gasteiger partial charge on any atom is 0.253 e. The van der Waals surface area contributed by atoms with Gasteiger partial charge in [0.2, 0.25) is 0 Å². The number of hydrogen-bond acceptors (Lipinski definition) is 8. The number of furan rings is 1. The smallest absolute Gasteiger partial charge is 0.253 e. The van der Waals surface area contributed by atoms with E-state index >= 15 is 0 Å². The van der Waals surface area contributed by atoms with Crippen LogP contribution in [-0.4, -0.2) is 56.0 Å². The number of rotatable bonds is 4. The number of aryl methyl sites for hydroxylation is 1. The Morgan fingerprint density at radius 2 is 1.82 bits per heavy atom. The summed E-state index contributed by atoms with van der Waals surface area (Å²) in [6, 6.07) is 13.5. The number of morpholine rings is 1. The van der Waals surface area contributed by atoms with E-state index < -0.39 is 0 Å². The van der Waals surface area contributed by atoms with Crippen LogP contribution < -0.4 is 4.90 Å². The number of fused-ring (bicyclic) bond motifs is 1. The number of anilines is 1. The van der Waals surface area contributed by atoms with Crippen LogP contribution >= 0.6 is 0 Å². The Labute approximate surface area is 189 Å². The van der Waals surface area contributed by atoms with Crippen molar-refractivity contribution >= 4 is 16.9 Å². The fourth-order valence-corrected chi connectivity index (χ4v) is 3.92. The van der Waals surface area contributed by atoms with Crippen LogP contribution in [0.1, 0.15) is 5.69 Å². The molecule has 6 heterocycles. The summed E-state index contributed by atoms with van der Waals surface area (Å²) < 4.78 is 13.4. The van der Waals surface area contributed by atoms with Gasteiger partial charge in [-0.15, -0.1) is 0 Å². The summed E-state index contributed by atoms with van der Waals surface area (Å²) in [5, 5.41) is 4.73. The molecular weight excluding hydrogens is 418 g/mol. The van der Waals surface area contributed by atoms with Crippen LogP contribution in [0.15, 0.2) is 65.5 Å². The Morgan fingerprint density at radius 1 is 0.909 bits per heavy atom. The number of ether oxygens (including phenoxy) is 1. The molecule has 5 aromatic rings. The Balaban J connectivity index is 1.47. The molecule has 0 aromatic carbocycles. The van der Waals surface area contributed by atoms with Crippen LogP contribution in [0.5, 0.6) is 0 Å². The maximum atomic E-state index is 6.21. The van der Waals surface area contributed by atoms with E-state index in [2.05, 4.69) is 14.9 Å². The molecule has 0 aliphatic carbocycles. The molecule has 0 saturated carbocycles. The minimum atomic E-state index is 0.481. The molecule has 1 fully saturated rings. The maximum absolute atomic E-state index is 6.21. The van der Waals surface area contributed by atoms with Gasteiger partial charge in [-0.1, -0.05) is 6.07 Å². The highest BCUT2D eigenvalue weighted by Crippen LogP contribution is 2.32. The topological polar surface area (TPSA) is 95.0 Å². The molecule has 9 heteroatoms. The molecule has 0 spiro atoms. The van der Waals surface area contributed by atoms with Crippen molar-refractivity contribution in [2.24, 2.45) is 0 Å². The van der Waals surface area contributed by atoms with Crippen LogP contribution in [0.2, 0.25) is 0 Å². The lowest BCUT2D eigenvalue weighted by molar-refractivity contribution is 0.122. The molecule has 0 atom stereocenters. The van der Waals surface area contributed by atoms with Crippen molar-refractivity contribution in [2.75, 3.05) is 31.2 Å². The van der Waals surface area contributed by atoms with Gasteiger partial charge in [-0.3, -0.25) is 9.97 Å². The van der Waals surface area contributed by atoms with E-state index in [1.165, 1.54) is 0 Å². The molecule has 0 bridgehead atoms. The predicted octanol–water partition coefficient (Wildman–Crippen LogP) is 3.68. The quantitative estimate of drug-likeness (QED) is 0.419. The lowest BCUT2D eigenvalue weighted by Gasteiger charge is -2.27. The van der Waals surface area contributed by atoms with E-state index in [0.29, 0.717) is 36.0 Å². The molecule has 0 amide bonds. The first-order valence-corrected chi connectivity index (χ1v) is 10.8. The molecular formula is C24H21N7O2. The van der Waals surface area contributed by atoms with Gasteiger partial charge in [-0.25, -0.2) is 9.67 Å². The van der Waals surface area contributed by atoms with Crippen molar-refractivity contribution in [1.82, 2.24) is 29.7 Å². The number of hydrogen-bond donors (Lipinski definition) is 0. The summed E-state index contributed by atoms with van der Waals surface area (Å²) in [7, 11) is 0. The molecule has 33 heavy (non-hydrogen) atoms. The van der Waals surface area contributed by atoms with Crippen molar-refractivity contribution in [2.45, 2.75) is 6.92 Å². The number of aromatic nitrogens is 6. The van der Waals surface area contributed by atoms with Gasteiger partial charge in [0.05, 0.1) is 18.9 Å². The third-order valence-corrected chi connectivity index (χ3v) is 5.56. The van der Waals surface area contributed by atoms with Crippen molar-refractivity contribution in [3.05, 3.63) is 66.7 Å². The van der Waals surface area contributed by atoms with Crippen LogP contribution in [0, 0.1) is 6.92 Å². The Morgan fingerprint density at radius 3 is 2.64 bits per heavy atom. The zero-order valence-electron chi connectivity index (χ0n) is 18.0. The number of nitrogens with zero attached hydrogens (tertiary/aromatic N) is 7. The third-order valence-electron chi connectivity index (χ3n) is 5.56. The molecule has 6 rings (SSSR count). The van der Waals surface area contributed by atoms with E-state index in [9.17, 15) is 0 Å². The van der Waals surface area contributed by atoms with E-state index in [4.69, 9.17) is 24.2 Å². The fraction of sp³-hybridized carbons (Fsp3) is 0.208. The second kappa shape index (κ2) is 8.10. The standard InChI is InChI=1S/C24H21N7O2/c1-16-14-17(5-8-25-16)18-6-9-31(29-18)24-27-20-15-21(19-4-2-3-7-26-19)33-22(20)23(28-24)30-10-12-32-13-11-30/h2-9,14-15H,10-13H2,1H3. The summed E-state index contributed by atoms with van der Waals surface area (Å²) in [5.41, 5.74) is 4.86. The van der Waals surface area contributed by atoms with Crippen LogP contribution in [-0.2, 0) is 4.74 Å². The van der Waals surface area contributed by atoms with Crippen molar-refractivity contribution in [3.8, 4) is 28.7 Å². The van der Waals surface area contributed by atoms with Gasteiger partial charge in [0.25, 0.3) is 5.95 Å². The average Bonchev–Trinajstić information content (AvgIpc) is 3.52. The summed E-state index contributed by atoms with van der Waals surface area (Å²) >= 11 is 0. The minimum absolute atomic E-state index is 0.481. The molecule has 0 unspecified atom stereocenters. The van der Waals surface area contributed by atoms with E-state index in [-0.39, 0.29) is 0 Å². The van der Waals surface area contributed by atoms with E-state index in [1.807, 2.05) is 55.6 Å². The van der Waals surface area contributed by atoms with Crippen LogP contribution in [0.25, 0.3) is 39.8 Å². The van der Waals surface area contributed by atoms with Crippen molar-refractivity contribution in [1.29, 1.82) is 0 Å². The SMILES string of the molecule is Cc1cc(-c2ccn(-c3nc(N4CCOCC4)c4oc(-c5ccccn5)cc4n3)n2)ccn1. The third kappa shape index (κ3) is 3.72. The normalized spacial score (nSPS) is 14.2. The molecule has 1 aliphatic heterocycles. The molecule has 0 radical (unpaired) electrons. The molecule has 1 saturated heterocycles. The monoisotopic (exact) mass is 439 g/mol. The highest BCUT2D eigenvalue weighted by atomic mass is 16.5. The fourth-order valence-electron chi connectivity index (χ4n) is 3.92. The predicted molar refractivity (Wildman–Crippen MR) is 123 cm³/mol. The van der Waals surface area contributed by atoms with Crippen LogP contribution in [0.3, 0.4) is 0 Å². The second-order valence-corrected chi connectivity index (χ2v) is 7.82. The lowest BCUT2D eigenvalue weighted by atomic mass is 10.2. The second-order valence-electron chi connectivity index (χ2n) is 7.82. The lowest BCUT2D eigenvalue weighted by Crippen LogP contribution is -2.37. The van der Waals surface area contributed by atoms with Gasteiger partial charge in [-0.2, -0.15) is 10.1 Å². The Hall–Kier alpha value is -4.11. The summed E-state index contributed by atoms with van der Waals surface area (Å²) in [6.07, 6.45) is 5.40. The van der Waals surface area contributed by atoms with Crippen LogP contribution in [0.4, 0.5) is 5.82 Å². The first-order valence-electron chi connectivity index (χ1n) is 10.8. The molecule has 164 valence electrons. The van der Waals surface area contributed by atoms with E-state index in [1.54, 1.807) is 17.1 Å². The first kappa shape index (κ1) is 19.6. The van der Waals surface area contributed by atoms with Gasteiger partial charge in [0.15, 0.2) is 17.2 Å². The minimum Gasteiger partial charge on any atom is -0.449 e. The van der Waals surface area contributed by atoms with Gasteiger partial charge in [0.1, 0.15) is 11.2 Å². The zero-order chi connectivity index (χ0) is 22.2. The first-order chi connectivity index (χ1) is 16.2. The molecule has 0 N–H and O–H groups in total. The average molecular weight is 439 g/mol. The van der Waals surface area contributed by atoms with Gasteiger partial charge in [-0.05, 0) is 37.3 Å². The molecule has 9 nitrogen and oxygen atoms in total. The molecule has 1 aliphatic rings. The largest absolute Gasteiger partial charge is 0.449 e. The number of pyridine rings is 2. The Bertz CT molecular complexity index is 1420. The van der Waals surface area contributed by atoms with Gasteiger partial charge >= 0.3 is 0 Å². The molecule has 5 aromatic heterocycles. The Kier molecular flexibility index (Phi) is 4.80. The summed E-state index contributed by atoms with van der Waals surface area (Å²) in [4.78, 5) is 20.5. The zero-order valence-corrected chi connectivity index (χ0v) is 18.0. The van der Waals surface area contributed by atoms with Gasteiger partial charge in [0, 0.05) is 49.0 Å². The van der Waals surface area contributed by atoms with Gasteiger partial charge < -0.3 is 14.1 Å². The summed E-state index contributed by atoms with van der Waals surface area (Å²) in [5.74, 6) is 1.87.